The topological polar surface area (TPSA) is 230 Å². The predicted octanol–water partition coefficient (Wildman–Crippen LogP) is 2.77. The predicted molar refractivity (Wildman–Crippen MR) is 216 cm³/mol. The van der Waals surface area contributed by atoms with Crippen molar-refractivity contribution in [3.8, 4) is 0 Å². The number of alkyl carbamates (subject to hydrolysis) is 2. The maximum atomic E-state index is 14.8. The highest BCUT2D eigenvalue weighted by Crippen LogP contribution is 2.44. The summed E-state index contributed by atoms with van der Waals surface area (Å²) >= 11 is 0. The van der Waals surface area contributed by atoms with Crippen molar-refractivity contribution in [3.63, 3.8) is 0 Å². The molecular weight excluding hydrogens is 763 g/mol. The molecule has 17 heteroatoms. The van der Waals surface area contributed by atoms with Crippen LogP contribution in [0.3, 0.4) is 0 Å². The van der Waals surface area contributed by atoms with Gasteiger partial charge in [-0.1, -0.05) is 83.7 Å². The molecule has 326 valence electrons. The number of hydrogen-bond donors (Lipinski definition) is 6. The molecule has 1 aromatic carbocycles. The lowest BCUT2D eigenvalue weighted by Gasteiger charge is -2.41. The Morgan fingerprint density at radius 2 is 1.44 bits per heavy atom. The number of methoxy groups -OCH3 is 2. The van der Waals surface area contributed by atoms with Gasteiger partial charge in [0.1, 0.15) is 24.2 Å². The Labute approximate surface area is 346 Å². The highest BCUT2D eigenvalue weighted by Gasteiger charge is 2.54. The lowest BCUT2D eigenvalue weighted by atomic mass is 9.81. The Morgan fingerprint density at radius 1 is 0.780 bits per heavy atom. The van der Waals surface area contributed by atoms with Gasteiger partial charge in [-0.25, -0.2) is 9.59 Å². The van der Waals surface area contributed by atoms with Crippen molar-refractivity contribution in [2.24, 2.45) is 17.3 Å². The normalized spacial score (nSPS) is 21.4. The van der Waals surface area contributed by atoms with Crippen LogP contribution in [0.1, 0.15) is 110 Å². The van der Waals surface area contributed by atoms with Crippen molar-refractivity contribution < 1.29 is 47.8 Å². The number of ether oxygens (including phenoxy) is 2. The maximum Gasteiger partial charge on any atom is 0.407 e. The molecule has 6 N–H and O–H groups in total. The van der Waals surface area contributed by atoms with Gasteiger partial charge in [-0.2, -0.15) is 0 Å². The van der Waals surface area contributed by atoms with E-state index in [1.54, 1.807) is 32.6 Å². The van der Waals surface area contributed by atoms with Gasteiger partial charge in [0.2, 0.25) is 29.4 Å². The lowest BCUT2D eigenvalue weighted by Crippen LogP contribution is -2.64. The fourth-order valence-electron chi connectivity index (χ4n) is 8.53. The van der Waals surface area contributed by atoms with E-state index in [2.05, 4.69) is 41.4 Å². The molecule has 3 fully saturated rings. The lowest BCUT2D eigenvalue weighted by molar-refractivity contribution is -0.149. The Morgan fingerprint density at radius 3 is 2.05 bits per heavy atom. The van der Waals surface area contributed by atoms with E-state index in [0.29, 0.717) is 38.5 Å². The third kappa shape index (κ3) is 12.2. The molecule has 1 unspecified atom stereocenters. The average molecular weight is 826 g/mol. The number of hydrogen-bond acceptors (Lipinski definition) is 10. The van der Waals surface area contributed by atoms with Crippen molar-refractivity contribution in [1.29, 1.82) is 0 Å². The van der Waals surface area contributed by atoms with E-state index in [1.807, 2.05) is 37.3 Å². The molecule has 8 atom stereocenters. The SMILES string of the molecule is CCCC(NC(=O)[C@@H]1[C@@H]2CC[C@@H](C2)N1C(=O)[C@@H](NC(=O)[C@@H](NC(=O)[C@H](CNC(=O)OC)NC(=O)OC)C1CCCCC1)C(C)(C)C)C(=O)C(=O)N[C@@H](C)c1ccccc1. The number of nitrogens with one attached hydrogen (secondary N) is 6. The van der Waals surface area contributed by atoms with Crippen LogP contribution in [-0.2, 0) is 38.2 Å². The van der Waals surface area contributed by atoms with Gasteiger partial charge in [0, 0.05) is 6.04 Å². The molecule has 0 spiro atoms. The molecule has 2 bridgehead atoms. The number of ketones is 1. The Hall–Kier alpha value is -5.22. The summed E-state index contributed by atoms with van der Waals surface area (Å²) < 4.78 is 9.27. The smallest absolute Gasteiger partial charge is 0.407 e. The molecule has 0 aromatic heterocycles. The van der Waals surface area contributed by atoms with E-state index in [9.17, 15) is 38.4 Å². The highest BCUT2D eigenvalue weighted by molar-refractivity contribution is 6.38. The summed E-state index contributed by atoms with van der Waals surface area (Å²) in [5.74, 6) is -4.43. The minimum Gasteiger partial charge on any atom is -0.453 e. The zero-order valence-corrected chi connectivity index (χ0v) is 35.4. The number of carbonyl (C=O) groups excluding carboxylic acids is 8. The second-order valence-electron chi connectivity index (χ2n) is 17.0. The van der Waals surface area contributed by atoms with E-state index in [0.717, 1.165) is 39.0 Å². The maximum absolute atomic E-state index is 14.8. The van der Waals surface area contributed by atoms with Gasteiger partial charge in [-0.3, -0.25) is 28.8 Å². The van der Waals surface area contributed by atoms with E-state index in [1.165, 1.54) is 0 Å². The molecule has 2 aliphatic carbocycles. The van der Waals surface area contributed by atoms with Gasteiger partial charge in [-0.05, 0) is 68.3 Å². The van der Waals surface area contributed by atoms with Crippen LogP contribution in [0, 0.1) is 17.3 Å². The number of amides is 7. The second-order valence-corrected chi connectivity index (χ2v) is 17.0. The van der Waals surface area contributed by atoms with Gasteiger partial charge in [-0.15, -0.1) is 0 Å². The van der Waals surface area contributed by atoms with Crippen LogP contribution in [0.2, 0.25) is 0 Å². The van der Waals surface area contributed by atoms with Crippen molar-refractivity contribution in [2.75, 3.05) is 20.8 Å². The van der Waals surface area contributed by atoms with Gasteiger partial charge < -0.3 is 46.3 Å². The van der Waals surface area contributed by atoms with Crippen molar-refractivity contribution in [2.45, 2.75) is 141 Å². The van der Waals surface area contributed by atoms with Crippen LogP contribution in [-0.4, -0.2) is 109 Å². The fourth-order valence-corrected chi connectivity index (χ4v) is 8.53. The zero-order valence-electron chi connectivity index (χ0n) is 35.4. The molecule has 4 rings (SSSR count). The first kappa shape index (κ1) is 46.5. The van der Waals surface area contributed by atoms with Crippen LogP contribution in [0.15, 0.2) is 30.3 Å². The zero-order chi connectivity index (χ0) is 43.4. The molecular formula is C42H63N7O10. The third-order valence-corrected chi connectivity index (χ3v) is 11.7. The van der Waals surface area contributed by atoms with E-state index < -0.39 is 89.2 Å². The number of rotatable bonds is 17. The molecule has 1 heterocycles. The van der Waals surface area contributed by atoms with Crippen molar-refractivity contribution in [3.05, 3.63) is 35.9 Å². The molecule has 59 heavy (non-hydrogen) atoms. The number of Topliss-reactive ketones (excluding diaryl/α,β-unsaturated/α-hetero) is 1. The summed E-state index contributed by atoms with van der Waals surface area (Å²) in [4.78, 5) is 109. The molecule has 7 amide bonds. The quantitative estimate of drug-likeness (QED) is 0.126. The number of fused-ring (bicyclic) bond motifs is 2. The number of carbonyl (C=O) groups is 8. The summed E-state index contributed by atoms with van der Waals surface area (Å²) in [5.41, 5.74) is -0.0359. The third-order valence-electron chi connectivity index (χ3n) is 11.7. The van der Waals surface area contributed by atoms with Gasteiger partial charge in [0.05, 0.1) is 32.8 Å². The first-order valence-electron chi connectivity index (χ1n) is 20.8. The van der Waals surface area contributed by atoms with Crippen LogP contribution in [0.4, 0.5) is 9.59 Å². The highest BCUT2D eigenvalue weighted by atomic mass is 16.5. The van der Waals surface area contributed by atoms with E-state index >= 15 is 0 Å². The minimum atomic E-state index is -1.33. The Bertz CT molecular complexity index is 1680. The van der Waals surface area contributed by atoms with Crippen LogP contribution in [0.5, 0.6) is 0 Å². The second kappa shape index (κ2) is 21.2. The van der Waals surface area contributed by atoms with E-state index in [-0.39, 0.29) is 30.8 Å². The van der Waals surface area contributed by atoms with Crippen molar-refractivity contribution >= 4 is 47.5 Å². The van der Waals surface area contributed by atoms with Crippen molar-refractivity contribution in [1.82, 2.24) is 36.8 Å². The number of piperidine rings is 1. The van der Waals surface area contributed by atoms with Gasteiger partial charge in [0.25, 0.3) is 5.91 Å². The molecule has 1 aliphatic heterocycles. The summed E-state index contributed by atoms with van der Waals surface area (Å²) in [6, 6.07) is 2.89. The molecule has 17 nitrogen and oxygen atoms in total. The Kier molecular flexibility index (Phi) is 16.7. The average Bonchev–Trinajstić information content (AvgIpc) is 3.85. The van der Waals surface area contributed by atoms with Crippen LogP contribution < -0.4 is 31.9 Å². The molecule has 0 radical (unpaired) electrons. The molecule has 1 saturated heterocycles. The molecule has 2 saturated carbocycles. The van der Waals surface area contributed by atoms with Crippen LogP contribution >= 0.6 is 0 Å². The monoisotopic (exact) mass is 825 g/mol. The molecule has 3 aliphatic rings. The first-order valence-corrected chi connectivity index (χ1v) is 20.8. The number of benzene rings is 1. The number of nitrogens with zero attached hydrogens (tertiary/aromatic N) is 1. The largest absolute Gasteiger partial charge is 0.453 e. The Balaban J connectivity index is 1.55. The molecule has 1 aromatic rings. The summed E-state index contributed by atoms with van der Waals surface area (Å²) in [6.45, 7) is 8.65. The van der Waals surface area contributed by atoms with Gasteiger partial charge in [0.15, 0.2) is 0 Å². The first-order chi connectivity index (χ1) is 28.0. The summed E-state index contributed by atoms with van der Waals surface area (Å²) in [6.07, 6.45) is 4.75. The number of likely N-dealkylation sites (tertiary alicyclic amines) is 1. The summed E-state index contributed by atoms with van der Waals surface area (Å²) in [7, 11) is 2.27. The summed E-state index contributed by atoms with van der Waals surface area (Å²) in [5, 5.41) is 16.0. The minimum absolute atomic E-state index is 0.184. The fraction of sp³-hybridized carbons (Fsp3) is 0.667. The van der Waals surface area contributed by atoms with Crippen LogP contribution in [0.25, 0.3) is 0 Å². The van der Waals surface area contributed by atoms with Gasteiger partial charge >= 0.3 is 12.2 Å². The standard InChI is InChI=1S/C42H63N7O10/c1-8-15-29(33(50)38(54)44-24(2)25-16-11-9-12-17-25)45-37(53)32-27-20-21-28(22-27)49(32)39(55)34(42(3,4)5)48-36(52)31(26-18-13-10-14-19-26)47-35(51)30(46-41(57)59-7)23-43-40(56)58-6/h9,11-12,16-17,24,26-32,34H,8,10,13-15,18-23H2,1-7H3,(H,43,56)(H,44,54)(H,45,53)(H,46,57)(H,47,51)(H,48,52)/t24-,27+,28-,29?,30-,31-,32-,34+/m0/s1. The van der Waals surface area contributed by atoms with E-state index in [4.69, 9.17) is 0 Å².